The highest BCUT2D eigenvalue weighted by Gasteiger charge is 2.46. The highest BCUT2D eigenvalue weighted by Crippen LogP contribution is 2.31. The summed E-state index contributed by atoms with van der Waals surface area (Å²) in [7, 11) is 0. The minimum atomic E-state index is -0.741. The number of hydrogen-bond donors (Lipinski definition) is 1. The Morgan fingerprint density at radius 3 is 2.42 bits per heavy atom. The topological polar surface area (TPSA) is 45.5 Å². The van der Waals surface area contributed by atoms with Crippen LogP contribution in [0.15, 0.2) is 12.3 Å². The lowest BCUT2D eigenvalue weighted by atomic mass is 9.83. The van der Waals surface area contributed by atoms with Gasteiger partial charge in [-0.15, -0.1) is 0 Å². The summed E-state index contributed by atoms with van der Waals surface area (Å²) in [5.74, 6) is 0.0861. The van der Waals surface area contributed by atoms with Crippen LogP contribution in [0.2, 0.25) is 5.02 Å². The van der Waals surface area contributed by atoms with Crippen LogP contribution < -0.4 is 0 Å². The Kier molecular flexibility index (Phi) is 3.67. The molecular formula is C14H21ClN2O2. The molecule has 0 radical (unpaired) electrons. The number of amides is 1. The minimum Gasteiger partial charge on any atom is -0.386 e. The lowest BCUT2D eigenvalue weighted by Crippen LogP contribution is -2.66. The molecule has 2 heterocycles. The van der Waals surface area contributed by atoms with Crippen molar-refractivity contribution in [2.45, 2.75) is 39.3 Å². The van der Waals surface area contributed by atoms with Crippen molar-refractivity contribution >= 4 is 17.5 Å². The maximum atomic E-state index is 12.4. The zero-order valence-electron chi connectivity index (χ0n) is 11.9. The first-order valence-corrected chi connectivity index (χ1v) is 7.01. The van der Waals surface area contributed by atoms with Gasteiger partial charge in [0, 0.05) is 12.2 Å². The van der Waals surface area contributed by atoms with Crippen LogP contribution in [-0.4, -0.2) is 39.2 Å². The van der Waals surface area contributed by atoms with E-state index in [4.69, 9.17) is 11.6 Å². The number of nitrogens with zero attached hydrogens (tertiary/aromatic N) is 2. The largest absolute Gasteiger partial charge is 0.386 e. The summed E-state index contributed by atoms with van der Waals surface area (Å²) < 4.78 is 1.87. The third kappa shape index (κ3) is 2.51. The average Bonchev–Trinajstić information content (AvgIpc) is 2.66. The number of rotatable bonds is 3. The third-order valence-electron chi connectivity index (χ3n) is 3.88. The van der Waals surface area contributed by atoms with Gasteiger partial charge in [-0.05, 0) is 25.8 Å². The molecule has 0 aromatic carbocycles. The Morgan fingerprint density at radius 1 is 1.37 bits per heavy atom. The van der Waals surface area contributed by atoms with E-state index < -0.39 is 5.60 Å². The second-order valence-corrected chi connectivity index (χ2v) is 6.40. The molecule has 1 N–H and O–H groups in total. The van der Waals surface area contributed by atoms with Crippen molar-refractivity contribution < 1.29 is 9.90 Å². The van der Waals surface area contributed by atoms with Gasteiger partial charge in [0.15, 0.2) is 0 Å². The Bertz CT molecular complexity index is 488. The summed E-state index contributed by atoms with van der Waals surface area (Å²) in [4.78, 5) is 14.1. The number of halogens is 1. The molecular weight excluding hydrogens is 264 g/mol. The predicted molar refractivity (Wildman–Crippen MR) is 75.5 cm³/mol. The number of aromatic nitrogens is 1. The molecule has 0 spiro atoms. The van der Waals surface area contributed by atoms with Gasteiger partial charge < -0.3 is 14.6 Å². The number of carbonyl (C=O) groups is 1. The zero-order chi connectivity index (χ0) is 14.4. The Hall–Kier alpha value is -1.00. The summed E-state index contributed by atoms with van der Waals surface area (Å²) in [6, 6.07) is 1.87. The molecule has 2 rings (SSSR count). The average molecular weight is 285 g/mol. The minimum absolute atomic E-state index is 0.0640. The first kappa shape index (κ1) is 14.4. The standard InChI is InChI=1S/C14H21ClN2O2/c1-9(2)14(19)7-16(8-14)13(18)12-5-11(15)6-17(12)10(3)4/h5-6,9-10,19H,7-8H2,1-4H3. The van der Waals surface area contributed by atoms with E-state index in [-0.39, 0.29) is 17.9 Å². The molecule has 1 aliphatic rings. The predicted octanol–water partition coefficient (Wildman–Crippen LogP) is 2.57. The number of hydrogen-bond acceptors (Lipinski definition) is 2. The van der Waals surface area contributed by atoms with Crippen LogP contribution in [0.25, 0.3) is 0 Å². The van der Waals surface area contributed by atoms with E-state index in [1.54, 1.807) is 17.2 Å². The second-order valence-electron chi connectivity index (χ2n) is 5.96. The van der Waals surface area contributed by atoms with Crippen molar-refractivity contribution in [2.75, 3.05) is 13.1 Å². The van der Waals surface area contributed by atoms with Crippen molar-refractivity contribution in [2.24, 2.45) is 5.92 Å². The fraction of sp³-hybridized carbons (Fsp3) is 0.643. The van der Waals surface area contributed by atoms with E-state index >= 15 is 0 Å². The van der Waals surface area contributed by atoms with E-state index in [1.165, 1.54) is 0 Å². The van der Waals surface area contributed by atoms with Crippen molar-refractivity contribution in [1.82, 2.24) is 9.47 Å². The van der Waals surface area contributed by atoms with E-state index in [1.807, 2.05) is 32.3 Å². The molecule has 1 aromatic heterocycles. The molecule has 1 aliphatic heterocycles. The van der Waals surface area contributed by atoms with Crippen LogP contribution in [0.3, 0.4) is 0 Å². The van der Waals surface area contributed by atoms with Gasteiger partial charge in [0.1, 0.15) is 11.3 Å². The molecule has 0 unspecified atom stereocenters. The second kappa shape index (κ2) is 4.84. The van der Waals surface area contributed by atoms with Crippen molar-refractivity contribution in [1.29, 1.82) is 0 Å². The van der Waals surface area contributed by atoms with E-state index in [0.29, 0.717) is 23.8 Å². The maximum absolute atomic E-state index is 12.4. The first-order chi connectivity index (χ1) is 8.74. The van der Waals surface area contributed by atoms with Gasteiger partial charge in [-0.3, -0.25) is 4.79 Å². The molecule has 1 fully saturated rings. The molecule has 106 valence electrons. The summed E-state index contributed by atoms with van der Waals surface area (Å²) in [5, 5.41) is 10.8. The number of likely N-dealkylation sites (tertiary alicyclic amines) is 1. The van der Waals surface area contributed by atoms with Crippen LogP contribution in [-0.2, 0) is 0 Å². The van der Waals surface area contributed by atoms with Crippen LogP contribution in [0, 0.1) is 5.92 Å². The monoisotopic (exact) mass is 284 g/mol. The number of β-amino-alcohol motifs (C(OH)–C–C–N with tert-alkyl or cyclic N) is 1. The SMILES string of the molecule is CC(C)n1cc(Cl)cc1C(=O)N1CC(O)(C(C)C)C1. The van der Waals surface area contributed by atoms with Gasteiger partial charge in [-0.2, -0.15) is 0 Å². The molecule has 19 heavy (non-hydrogen) atoms. The summed E-state index contributed by atoms with van der Waals surface area (Å²) in [6.07, 6.45) is 1.77. The fourth-order valence-electron chi connectivity index (χ4n) is 2.33. The summed E-state index contributed by atoms with van der Waals surface area (Å²) in [5.41, 5.74) is -0.153. The van der Waals surface area contributed by atoms with Crippen LogP contribution >= 0.6 is 11.6 Å². The van der Waals surface area contributed by atoms with Crippen LogP contribution in [0.4, 0.5) is 0 Å². The smallest absolute Gasteiger partial charge is 0.270 e. The molecule has 1 aromatic rings. The Labute approximate surface area is 119 Å². The molecule has 0 aliphatic carbocycles. The highest BCUT2D eigenvalue weighted by molar-refractivity contribution is 6.31. The summed E-state index contributed by atoms with van der Waals surface area (Å²) in [6.45, 7) is 8.74. The van der Waals surface area contributed by atoms with Crippen molar-refractivity contribution in [3.8, 4) is 0 Å². The van der Waals surface area contributed by atoms with Gasteiger partial charge in [-0.25, -0.2) is 0 Å². The third-order valence-corrected chi connectivity index (χ3v) is 4.09. The Balaban J connectivity index is 2.15. The molecule has 0 saturated carbocycles. The maximum Gasteiger partial charge on any atom is 0.270 e. The van der Waals surface area contributed by atoms with Gasteiger partial charge in [-0.1, -0.05) is 25.4 Å². The molecule has 4 nitrogen and oxygen atoms in total. The number of carbonyl (C=O) groups excluding carboxylic acids is 1. The van der Waals surface area contributed by atoms with Gasteiger partial charge in [0.2, 0.25) is 0 Å². The lowest BCUT2D eigenvalue weighted by molar-refractivity contribution is -0.111. The van der Waals surface area contributed by atoms with Gasteiger partial charge >= 0.3 is 0 Å². The van der Waals surface area contributed by atoms with Crippen LogP contribution in [0.1, 0.15) is 44.2 Å². The summed E-state index contributed by atoms with van der Waals surface area (Å²) >= 11 is 5.99. The fourth-order valence-corrected chi connectivity index (χ4v) is 2.54. The van der Waals surface area contributed by atoms with Crippen molar-refractivity contribution in [3.63, 3.8) is 0 Å². The quantitative estimate of drug-likeness (QED) is 0.927. The Morgan fingerprint density at radius 2 is 1.95 bits per heavy atom. The van der Waals surface area contributed by atoms with Crippen LogP contribution in [0.5, 0.6) is 0 Å². The van der Waals surface area contributed by atoms with Gasteiger partial charge in [0.25, 0.3) is 5.91 Å². The normalized spacial score (nSPS) is 18.0. The highest BCUT2D eigenvalue weighted by atomic mass is 35.5. The number of aliphatic hydroxyl groups is 1. The zero-order valence-corrected chi connectivity index (χ0v) is 12.6. The lowest BCUT2D eigenvalue weighted by Gasteiger charge is -2.49. The van der Waals surface area contributed by atoms with Crippen molar-refractivity contribution in [3.05, 3.63) is 23.0 Å². The molecule has 0 atom stereocenters. The molecule has 0 bridgehead atoms. The van der Waals surface area contributed by atoms with Gasteiger partial charge in [0.05, 0.1) is 18.1 Å². The first-order valence-electron chi connectivity index (χ1n) is 6.63. The molecule has 5 heteroatoms. The van der Waals surface area contributed by atoms with E-state index in [2.05, 4.69) is 0 Å². The molecule has 1 saturated heterocycles. The van der Waals surface area contributed by atoms with E-state index in [9.17, 15) is 9.90 Å². The molecule has 1 amide bonds. The van der Waals surface area contributed by atoms with E-state index in [0.717, 1.165) is 0 Å².